The summed E-state index contributed by atoms with van der Waals surface area (Å²) in [5, 5.41) is 0. The molecule has 0 fully saturated rings. The monoisotopic (exact) mass is 464 g/mol. The number of nitrogens with one attached hydrogen (secondary N) is 1. The number of anilines is 1. The van der Waals surface area contributed by atoms with Crippen molar-refractivity contribution in [2.24, 2.45) is 0 Å². The van der Waals surface area contributed by atoms with Crippen LogP contribution >= 0.6 is 0 Å². The van der Waals surface area contributed by atoms with Gasteiger partial charge in [-0.2, -0.15) is 8.78 Å². The van der Waals surface area contributed by atoms with E-state index in [0.29, 0.717) is 11.1 Å². The van der Waals surface area contributed by atoms with Crippen LogP contribution < -0.4 is 9.46 Å². The molecule has 0 unspecified atom stereocenters. The summed E-state index contributed by atoms with van der Waals surface area (Å²) in [5.74, 6) is -0.837. The van der Waals surface area contributed by atoms with Crippen LogP contribution in [0.1, 0.15) is 15.9 Å². The van der Waals surface area contributed by atoms with Crippen LogP contribution in [0.25, 0.3) is 0 Å². The highest BCUT2D eigenvalue weighted by Gasteiger charge is 2.16. The zero-order valence-electron chi connectivity index (χ0n) is 16.8. The zero-order chi connectivity index (χ0) is 23.3. The highest BCUT2D eigenvalue weighted by molar-refractivity contribution is 7.92. The Balaban J connectivity index is 1.63. The SMILES string of the molecule is CN(Cc1ccc(OC(F)F)cc1)C(=O)c1ccc(NS(=O)(=O)c2ccc(F)cc2)cc1. The van der Waals surface area contributed by atoms with Crippen LogP contribution in [0.2, 0.25) is 0 Å². The second kappa shape index (κ2) is 9.73. The van der Waals surface area contributed by atoms with Gasteiger partial charge in [0.15, 0.2) is 0 Å². The van der Waals surface area contributed by atoms with Crippen LogP contribution in [-0.2, 0) is 16.6 Å². The minimum absolute atomic E-state index is 0.0245. The summed E-state index contributed by atoms with van der Waals surface area (Å²) in [4.78, 5) is 14.0. The van der Waals surface area contributed by atoms with Gasteiger partial charge in [-0.05, 0) is 66.2 Å². The Morgan fingerprint density at radius 3 is 2.12 bits per heavy atom. The molecule has 6 nitrogen and oxygen atoms in total. The van der Waals surface area contributed by atoms with Gasteiger partial charge in [-0.25, -0.2) is 12.8 Å². The lowest BCUT2D eigenvalue weighted by Crippen LogP contribution is -2.26. The second-order valence-electron chi connectivity index (χ2n) is 6.82. The molecule has 0 aromatic heterocycles. The Kier molecular flexibility index (Phi) is 7.04. The van der Waals surface area contributed by atoms with Gasteiger partial charge in [-0.15, -0.1) is 0 Å². The molecule has 0 bridgehead atoms. The van der Waals surface area contributed by atoms with Gasteiger partial charge >= 0.3 is 6.61 Å². The normalized spacial score (nSPS) is 11.3. The number of alkyl halides is 2. The van der Waals surface area contributed by atoms with Crippen LogP contribution in [0, 0.1) is 5.82 Å². The van der Waals surface area contributed by atoms with Gasteiger partial charge in [0.05, 0.1) is 4.90 Å². The molecule has 1 N–H and O–H groups in total. The Hall–Kier alpha value is -3.53. The molecule has 3 rings (SSSR count). The number of rotatable bonds is 8. The predicted molar refractivity (Wildman–Crippen MR) is 113 cm³/mol. The average Bonchev–Trinajstić information content (AvgIpc) is 2.75. The smallest absolute Gasteiger partial charge is 0.387 e. The maximum absolute atomic E-state index is 13.0. The number of sulfonamides is 1. The Morgan fingerprint density at radius 1 is 0.969 bits per heavy atom. The van der Waals surface area contributed by atoms with Gasteiger partial charge in [0.2, 0.25) is 0 Å². The van der Waals surface area contributed by atoms with E-state index in [4.69, 9.17) is 0 Å². The van der Waals surface area contributed by atoms with E-state index in [1.54, 1.807) is 19.2 Å². The lowest BCUT2D eigenvalue weighted by molar-refractivity contribution is -0.0498. The highest BCUT2D eigenvalue weighted by atomic mass is 32.2. The molecule has 1 amide bonds. The number of nitrogens with zero attached hydrogens (tertiary/aromatic N) is 1. The zero-order valence-corrected chi connectivity index (χ0v) is 17.7. The minimum Gasteiger partial charge on any atom is -0.435 e. The molecule has 3 aromatic carbocycles. The number of hydrogen-bond donors (Lipinski definition) is 1. The van der Waals surface area contributed by atoms with E-state index in [2.05, 4.69) is 9.46 Å². The van der Waals surface area contributed by atoms with Gasteiger partial charge in [-0.1, -0.05) is 12.1 Å². The molecule has 10 heteroatoms. The number of carbonyl (C=O) groups excluding carboxylic acids is 1. The molecule has 0 saturated carbocycles. The van der Waals surface area contributed by atoms with Crippen molar-refractivity contribution in [1.82, 2.24) is 4.90 Å². The second-order valence-corrected chi connectivity index (χ2v) is 8.50. The van der Waals surface area contributed by atoms with E-state index in [1.807, 2.05) is 0 Å². The fourth-order valence-corrected chi connectivity index (χ4v) is 3.91. The Morgan fingerprint density at radius 2 is 1.56 bits per heavy atom. The summed E-state index contributed by atoms with van der Waals surface area (Å²) in [6.07, 6.45) is 0. The molecule has 32 heavy (non-hydrogen) atoms. The van der Waals surface area contributed by atoms with Crippen LogP contribution in [0.3, 0.4) is 0 Å². The molecule has 0 saturated heterocycles. The van der Waals surface area contributed by atoms with Gasteiger partial charge < -0.3 is 9.64 Å². The lowest BCUT2D eigenvalue weighted by Gasteiger charge is -2.18. The van der Waals surface area contributed by atoms with Gasteiger partial charge in [0.25, 0.3) is 15.9 Å². The van der Waals surface area contributed by atoms with Gasteiger partial charge in [0, 0.05) is 24.8 Å². The number of amides is 1. The fraction of sp³-hybridized carbons (Fsp3) is 0.136. The summed E-state index contributed by atoms with van der Waals surface area (Å²) < 4.78 is 68.8. The molecule has 0 aliphatic rings. The summed E-state index contributed by atoms with van der Waals surface area (Å²) in [5.41, 5.74) is 1.28. The molecule has 168 valence electrons. The number of hydrogen-bond acceptors (Lipinski definition) is 4. The van der Waals surface area contributed by atoms with Crippen molar-refractivity contribution in [1.29, 1.82) is 0 Å². The summed E-state index contributed by atoms with van der Waals surface area (Å²) in [6.45, 7) is -2.68. The third-order valence-corrected chi connectivity index (χ3v) is 5.82. The van der Waals surface area contributed by atoms with Gasteiger partial charge in [0.1, 0.15) is 11.6 Å². The topological polar surface area (TPSA) is 75.7 Å². The lowest BCUT2D eigenvalue weighted by atomic mass is 10.1. The molecular formula is C22H19F3N2O4S. The predicted octanol–water partition coefficient (Wildman–Crippen LogP) is 4.50. The van der Waals surface area contributed by atoms with E-state index < -0.39 is 22.5 Å². The van der Waals surface area contributed by atoms with Crippen molar-refractivity contribution >= 4 is 21.6 Å². The van der Waals surface area contributed by atoms with E-state index in [0.717, 1.165) is 24.3 Å². The highest BCUT2D eigenvalue weighted by Crippen LogP contribution is 2.19. The molecule has 0 aliphatic heterocycles. The number of benzene rings is 3. The van der Waals surface area contributed by atoms with E-state index in [-0.39, 0.29) is 28.8 Å². The van der Waals surface area contributed by atoms with Crippen LogP contribution in [0.5, 0.6) is 5.75 Å². The minimum atomic E-state index is -3.90. The first kappa shape index (κ1) is 23.1. The van der Waals surface area contributed by atoms with Crippen molar-refractivity contribution in [3.05, 3.63) is 89.7 Å². The Labute approximate surface area is 183 Å². The maximum Gasteiger partial charge on any atom is 0.387 e. The van der Waals surface area contributed by atoms with Crippen molar-refractivity contribution < 1.29 is 31.1 Å². The van der Waals surface area contributed by atoms with Crippen molar-refractivity contribution in [2.75, 3.05) is 11.8 Å². The number of carbonyl (C=O) groups is 1. The number of ether oxygens (including phenoxy) is 1. The molecule has 0 heterocycles. The fourth-order valence-electron chi connectivity index (χ4n) is 2.85. The third kappa shape index (κ3) is 6.01. The standard InChI is InChI=1S/C22H19F3N2O4S/c1-27(14-15-2-10-19(11-3-15)31-22(24)25)21(28)16-4-8-18(9-5-16)26-32(29,30)20-12-6-17(23)7-13-20/h2-13,22,26H,14H2,1H3. The number of halogens is 3. The van der Waals surface area contributed by atoms with E-state index in [9.17, 15) is 26.4 Å². The third-order valence-electron chi connectivity index (χ3n) is 4.42. The summed E-state index contributed by atoms with van der Waals surface area (Å²) in [7, 11) is -2.32. The first-order chi connectivity index (χ1) is 15.1. The van der Waals surface area contributed by atoms with E-state index in [1.165, 1.54) is 41.3 Å². The van der Waals surface area contributed by atoms with Crippen LogP contribution in [0.15, 0.2) is 77.7 Å². The molecule has 3 aromatic rings. The molecule has 0 spiro atoms. The summed E-state index contributed by atoms with van der Waals surface area (Å²) >= 11 is 0. The van der Waals surface area contributed by atoms with Crippen molar-refractivity contribution in [3.8, 4) is 5.75 Å². The molecular weight excluding hydrogens is 445 g/mol. The van der Waals surface area contributed by atoms with E-state index >= 15 is 0 Å². The quantitative estimate of drug-likeness (QED) is 0.533. The largest absolute Gasteiger partial charge is 0.435 e. The first-order valence-corrected chi connectivity index (χ1v) is 10.8. The van der Waals surface area contributed by atoms with Crippen LogP contribution in [0.4, 0.5) is 18.9 Å². The van der Waals surface area contributed by atoms with Crippen LogP contribution in [-0.4, -0.2) is 32.9 Å². The summed E-state index contributed by atoms with van der Waals surface area (Å²) in [6, 6.07) is 16.2. The molecule has 0 aliphatic carbocycles. The van der Waals surface area contributed by atoms with Gasteiger partial charge in [-0.3, -0.25) is 9.52 Å². The van der Waals surface area contributed by atoms with Crippen molar-refractivity contribution in [2.45, 2.75) is 18.1 Å². The Bertz CT molecular complexity index is 1170. The van der Waals surface area contributed by atoms with Crippen molar-refractivity contribution in [3.63, 3.8) is 0 Å². The molecule has 0 radical (unpaired) electrons. The average molecular weight is 464 g/mol. The maximum atomic E-state index is 13.0. The first-order valence-electron chi connectivity index (χ1n) is 9.32. The molecule has 0 atom stereocenters.